The number of rotatable bonds is 7. The van der Waals surface area contributed by atoms with Crippen molar-refractivity contribution in [1.29, 1.82) is 0 Å². The van der Waals surface area contributed by atoms with Gasteiger partial charge < -0.3 is 16.0 Å². The lowest BCUT2D eigenvalue weighted by Crippen LogP contribution is -2.50. The highest BCUT2D eigenvalue weighted by Gasteiger charge is 2.33. The van der Waals surface area contributed by atoms with E-state index in [4.69, 9.17) is 0 Å². The second-order valence-electron chi connectivity index (χ2n) is 5.91. The number of carbonyl (C=O) groups is 1. The second kappa shape index (κ2) is 7.68. The molecule has 0 saturated carbocycles. The lowest BCUT2D eigenvalue weighted by molar-refractivity contribution is -0.384. The molecular formula is C15H19F3N4O3. The maximum atomic E-state index is 12.6. The first-order valence-corrected chi connectivity index (χ1v) is 7.78. The molecule has 0 radical (unpaired) electrons. The molecule has 2 rings (SSSR count). The van der Waals surface area contributed by atoms with Crippen LogP contribution in [0.2, 0.25) is 0 Å². The number of carbonyl (C=O) groups excluding carboxylic acids is 1. The van der Waals surface area contributed by atoms with Crippen molar-refractivity contribution in [2.75, 3.05) is 31.5 Å². The monoisotopic (exact) mass is 360 g/mol. The van der Waals surface area contributed by atoms with Gasteiger partial charge in [0.1, 0.15) is 5.69 Å². The zero-order chi connectivity index (χ0) is 18.6. The highest BCUT2D eigenvalue weighted by molar-refractivity contribution is 5.78. The molecule has 138 valence electrons. The van der Waals surface area contributed by atoms with Crippen molar-refractivity contribution in [3.63, 3.8) is 0 Å². The van der Waals surface area contributed by atoms with Crippen LogP contribution in [0.25, 0.3) is 0 Å². The maximum Gasteiger partial charge on any atom is 0.416 e. The van der Waals surface area contributed by atoms with Crippen LogP contribution in [0.15, 0.2) is 18.2 Å². The van der Waals surface area contributed by atoms with Crippen LogP contribution in [0.4, 0.5) is 24.5 Å². The van der Waals surface area contributed by atoms with Gasteiger partial charge in [0.05, 0.1) is 10.5 Å². The molecule has 10 heteroatoms. The molecule has 1 saturated heterocycles. The Morgan fingerprint density at radius 2 is 2.08 bits per heavy atom. The summed E-state index contributed by atoms with van der Waals surface area (Å²) in [6, 6.07) is 2.29. The standard InChI is InChI=1S/C15H19F3N4O3/c1-9(10-7-19-8-10)14(23)21-5-4-20-12-3-2-11(15(16,17)18)6-13(12)22(24)25/h2-3,6,9-10,19-20H,4-5,7-8H2,1H3,(H,21,23). The number of nitrogens with one attached hydrogen (secondary N) is 3. The molecule has 0 aromatic heterocycles. The predicted octanol–water partition coefficient (Wildman–Crippen LogP) is 2.00. The topological polar surface area (TPSA) is 96.3 Å². The van der Waals surface area contributed by atoms with Gasteiger partial charge in [-0.2, -0.15) is 13.2 Å². The molecule has 1 aliphatic heterocycles. The number of hydrogen-bond donors (Lipinski definition) is 3. The number of anilines is 1. The molecule has 1 heterocycles. The average Bonchev–Trinajstić information content (AvgIpc) is 2.48. The zero-order valence-corrected chi connectivity index (χ0v) is 13.5. The molecule has 1 aromatic carbocycles. The van der Waals surface area contributed by atoms with Crippen LogP contribution in [0.3, 0.4) is 0 Å². The first-order valence-electron chi connectivity index (χ1n) is 7.78. The lowest BCUT2D eigenvalue weighted by atomic mass is 9.88. The molecule has 0 aliphatic carbocycles. The quantitative estimate of drug-likeness (QED) is 0.393. The van der Waals surface area contributed by atoms with Crippen molar-refractivity contribution in [3.8, 4) is 0 Å². The van der Waals surface area contributed by atoms with Crippen molar-refractivity contribution in [2.45, 2.75) is 13.1 Å². The zero-order valence-electron chi connectivity index (χ0n) is 13.5. The van der Waals surface area contributed by atoms with Gasteiger partial charge in [-0.05, 0) is 31.1 Å². The lowest BCUT2D eigenvalue weighted by Gasteiger charge is -2.31. The fourth-order valence-corrected chi connectivity index (χ4v) is 2.43. The third kappa shape index (κ3) is 4.81. The van der Waals surface area contributed by atoms with Crippen molar-refractivity contribution in [3.05, 3.63) is 33.9 Å². The Labute approximate surface area is 142 Å². The number of hydrogen-bond acceptors (Lipinski definition) is 5. The van der Waals surface area contributed by atoms with E-state index in [2.05, 4.69) is 16.0 Å². The summed E-state index contributed by atoms with van der Waals surface area (Å²) in [5.74, 6) is 0.0424. The third-order valence-electron chi connectivity index (χ3n) is 4.20. The molecule has 1 unspecified atom stereocenters. The average molecular weight is 360 g/mol. The number of benzene rings is 1. The smallest absolute Gasteiger partial charge is 0.378 e. The second-order valence-corrected chi connectivity index (χ2v) is 5.91. The molecule has 1 aliphatic rings. The Bertz CT molecular complexity index is 647. The SMILES string of the molecule is CC(C(=O)NCCNc1ccc(C(F)(F)F)cc1[N+](=O)[O-])C1CNC1. The fraction of sp³-hybridized carbons (Fsp3) is 0.533. The summed E-state index contributed by atoms with van der Waals surface area (Å²) in [6.07, 6.45) is -4.65. The van der Waals surface area contributed by atoms with E-state index in [9.17, 15) is 28.1 Å². The Balaban J connectivity index is 1.89. The fourth-order valence-electron chi connectivity index (χ4n) is 2.43. The number of nitrogens with zero attached hydrogens (tertiary/aromatic N) is 1. The molecule has 0 bridgehead atoms. The van der Waals surface area contributed by atoms with E-state index in [-0.39, 0.29) is 30.6 Å². The molecule has 0 spiro atoms. The van der Waals surface area contributed by atoms with Crippen molar-refractivity contribution in [2.24, 2.45) is 11.8 Å². The largest absolute Gasteiger partial charge is 0.416 e. The van der Waals surface area contributed by atoms with Crippen LogP contribution in [-0.4, -0.2) is 37.0 Å². The van der Waals surface area contributed by atoms with E-state index >= 15 is 0 Å². The molecule has 1 aromatic rings. The number of amides is 1. The maximum absolute atomic E-state index is 12.6. The van der Waals surface area contributed by atoms with Gasteiger partial charge in [0, 0.05) is 25.1 Å². The van der Waals surface area contributed by atoms with Crippen LogP contribution in [0.5, 0.6) is 0 Å². The van der Waals surface area contributed by atoms with Crippen LogP contribution >= 0.6 is 0 Å². The summed E-state index contributed by atoms with van der Waals surface area (Å²) in [7, 11) is 0. The van der Waals surface area contributed by atoms with E-state index in [1.54, 1.807) is 0 Å². The minimum absolute atomic E-state index is 0.0245. The molecule has 25 heavy (non-hydrogen) atoms. The van der Waals surface area contributed by atoms with Gasteiger partial charge in [-0.25, -0.2) is 0 Å². The molecule has 1 atom stereocenters. The van der Waals surface area contributed by atoms with E-state index in [1.807, 2.05) is 6.92 Å². The summed E-state index contributed by atoms with van der Waals surface area (Å²) in [4.78, 5) is 22.0. The van der Waals surface area contributed by atoms with Gasteiger partial charge in [-0.15, -0.1) is 0 Å². The predicted molar refractivity (Wildman–Crippen MR) is 85.1 cm³/mol. The summed E-state index contributed by atoms with van der Waals surface area (Å²) in [5.41, 5.74) is -1.76. The number of halogens is 3. The summed E-state index contributed by atoms with van der Waals surface area (Å²) in [6.45, 7) is 3.79. The Morgan fingerprint density at radius 3 is 2.60 bits per heavy atom. The van der Waals surface area contributed by atoms with E-state index in [0.29, 0.717) is 12.0 Å². The molecule has 1 fully saturated rings. The van der Waals surface area contributed by atoms with Crippen LogP contribution < -0.4 is 16.0 Å². The molecule has 1 amide bonds. The van der Waals surface area contributed by atoms with Crippen molar-refractivity contribution in [1.82, 2.24) is 10.6 Å². The van der Waals surface area contributed by atoms with Crippen molar-refractivity contribution < 1.29 is 22.9 Å². The normalized spacial score (nSPS) is 16.0. The highest BCUT2D eigenvalue weighted by Crippen LogP contribution is 2.34. The Morgan fingerprint density at radius 1 is 1.40 bits per heavy atom. The van der Waals surface area contributed by atoms with Gasteiger partial charge in [0.2, 0.25) is 5.91 Å². The highest BCUT2D eigenvalue weighted by atomic mass is 19.4. The molecular weight excluding hydrogens is 341 g/mol. The van der Waals surface area contributed by atoms with E-state index in [1.165, 1.54) is 0 Å². The first kappa shape index (κ1) is 19.0. The molecule has 3 N–H and O–H groups in total. The summed E-state index contributed by atoms with van der Waals surface area (Å²) in [5, 5.41) is 19.4. The van der Waals surface area contributed by atoms with Crippen molar-refractivity contribution >= 4 is 17.3 Å². The van der Waals surface area contributed by atoms with Gasteiger partial charge in [-0.1, -0.05) is 6.92 Å². The van der Waals surface area contributed by atoms with Crippen LogP contribution in [-0.2, 0) is 11.0 Å². The Kier molecular flexibility index (Phi) is 5.83. The minimum atomic E-state index is -4.65. The first-order chi connectivity index (χ1) is 11.7. The minimum Gasteiger partial charge on any atom is -0.378 e. The number of alkyl halides is 3. The Hall–Kier alpha value is -2.36. The van der Waals surface area contributed by atoms with Gasteiger partial charge in [0.25, 0.3) is 5.69 Å². The summed E-state index contributed by atoms with van der Waals surface area (Å²) >= 11 is 0. The van der Waals surface area contributed by atoms with Gasteiger partial charge >= 0.3 is 6.18 Å². The van der Waals surface area contributed by atoms with E-state index in [0.717, 1.165) is 25.2 Å². The van der Waals surface area contributed by atoms with Crippen LogP contribution in [0, 0.1) is 22.0 Å². The van der Waals surface area contributed by atoms with Crippen LogP contribution in [0.1, 0.15) is 12.5 Å². The number of nitro groups is 1. The van der Waals surface area contributed by atoms with Gasteiger partial charge in [0.15, 0.2) is 0 Å². The number of nitro benzene ring substituents is 1. The van der Waals surface area contributed by atoms with E-state index < -0.39 is 22.4 Å². The van der Waals surface area contributed by atoms with Gasteiger partial charge in [-0.3, -0.25) is 14.9 Å². The summed E-state index contributed by atoms with van der Waals surface area (Å²) < 4.78 is 37.9. The molecule has 7 nitrogen and oxygen atoms in total. The third-order valence-corrected chi connectivity index (χ3v) is 4.20.